The Morgan fingerprint density at radius 3 is 1.33 bits per heavy atom. The van der Waals surface area contributed by atoms with Crippen molar-refractivity contribution in [1.29, 1.82) is 0 Å². The van der Waals surface area contributed by atoms with E-state index in [4.69, 9.17) is 5.11 Å². The van der Waals surface area contributed by atoms with E-state index in [1.54, 1.807) is 0 Å². The Morgan fingerprint density at radius 2 is 1.33 bits per heavy atom. The topological polar surface area (TPSA) is 20.2 Å². The van der Waals surface area contributed by atoms with Gasteiger partial charge in [-0.25, -0.2) is 0 Å². The van der Waals surface area contributed by atoms with Crippen LogP contribution in [0, 0.1) is 102 Å². The normalized spacial score (nSPS) is 5.33. The fraction of sp³-hybridized carbons (Fsp3) is 0.667. The van der Waals surface area contributed by atoms with Gasteiger partial charge in [-0.05, 0) is 0 Å². The van der Waals surface area contributed by atoms with Crippen molar-refractivity contribution in [3.63, 3.8) is 0 Å². The minimum atomic E-state index is 0. The summed E-state index contributed by atoms with van der Waals surface area (Å²) in [7, 11) is 0. The molecule has 0 aromatic heterocycles. The van der Waals surface area contributed by atoms with Crippen LogP contribution in [-0.2, 0) is 0 Å². The maximum atomic E-state index is 7.46. The summed E-state index contributed by atoms with van der Waals surface area (Å²) >= 11 is 0. The smallest absolute Gasteiger partial charge is 0 e. The van der Waals surface area contributed by atoms with Gasteiger partial charge in [-0.2, -0.15) is 6.42 Å². The van der Waals surface area contributed by atoms with E-state index in [0.29, 0.717) is 0 Å². The van der Waals surface area contributed by atoms with E-state index in [1.807, 2.05) is 0 Å². The van der Waals surface area contributed by atoms with Crippen LogP contribution in [0.1, 0.15) is 19.8 Å². The number of unbranched alkanes of at least 4 members (excludes halogenated alkanes) is 1. The standard InChI is InChI=1S/C4H9.C2H5O.2Ac/c1-3-4-2;1-2-3;;/h1,3-4H2,2H3;3H,1-2H2;;/q2*-1;;. The van der Waals surface area contributed by atoms with Gasteiger partial charge in [0.05, 0.1) is 0 Å². The van der Waals surface area contributed by atoms with E-state index in [9.17, 15) is 0 Å². The monoisotopic (exact) mass is 556 g/mol. The summed E-state index contributed by atoms with van der Waals surface area (Å²) in [6.07, 6.45) is 2.28. The second-order valence-electron chi connectivity index (χ2n) is 1.08. The first kappa shape index (κ1) is 22.6. The molecular weight excluding hydrogens is 542 g/mol. The average molecular weight is 556 g/mol. The second kappa shape index (κ2) is 30.8. The van der Waals surface area contributed by atoms with Crippen LogP contribution in [0.4, 0.5) is 0 Å². The van der Waals surface area contributed by atoms with Gasteiger partial charge in [0.1, 0.15) is 0 Å². The maximum Gasteiger partial charge on any atom is 0 e. The van der Waals surface area contributed by atoms with Crippen molar-refractivity contribution in [2.75, 3.05) is 6.61 Å². The molecule has 0 aliphatic heterocycles. The predicted octanol–water partition coefficient (Wildman–Crippen LogP) is 1.43. The predicted molar refractivity (Wildman–Crippen MR) is 32.7 cm³/mol. The molecular formula is C6H14Ac2O-2. The van der Waals surface area contributed by atoms with Crippen LogP contribution in [0.5, 0.6) is 0 Å². The molecule has 0 aromatic carbocycles. The van der Waals surface area contributed by atoms with Crippen molar-refractivity contribution in [2.24, 2.45) is 0 Å². The molecule has 52 valence electrons. The van der Waals surface area contributed by atoms with Crippen LogP contribution in [0.3, 0.4) is 0 Å². The van der Waals surface area contributed by atoms with Gasteiger partial charge in [0.2, 0.25) is 0 Å². The molecule has 0 aliphatic rings. The van der Waals surface area contributed by atoms with Gasteiger partial charge in [0.15, 0.2) is 0 Å². The summed E-state index contributed by atoms with van der Waals surface area (Å²) in [6.45, 7) is 8.76. The Morgan fingerprint density at radius 1 is 1.22 bits per heavy atom. The van der Waals surface area contributed by atoms with E-state index in [2.05, 4.69) is 20.8 Å². The molecule has 0 rings (SSSR count). The zero-order chi connectivity index (χ0) is 6.12. The molecule has 9 heavy (non-hydrogen) atoms. The summed E-state index contributed by atoms with van der Waals surface area (Å²) in [4.78, 5) is 0. The fourth-order valence-electron chi connectivity index (χ4n) is 0. The van der Waals surface area contributed by atoms with E-state index in [1.165, 1.54) is 6.42 Å². The van der Waals surface area contributed by atoms with Gasteiger partial charge in [-0.1, -0.05) is 20.0 Å². The molecule has 0 spiro atoms. The third-order valence-corrected chi connectivity index (χ3v) is 0.354. The molecule has 0 aliphatic carbocycles. The first-order chi connectivity index (χ1) is 3.33. The van der Waals surface area contributed by atoms with E-state index in [0.717, 1.165) is 6.42 Å². The summed E-state index contributed by atoms with van der Waals surface area (Å²) in [5.41, 5.74) is 0. The number of rotatable bonds is 1. The van der Waals surface area contributed by atoms with E-state index in [-0.39, 0.29) is 94.7 Å². The molecule has 0 heterocycles. The third-order valence-electron chi connectivity index (χ3n) is 0.354. The van der Waals surface area contributed by atoms with Crippen molar-refractivity contribution in [1.82, 2.24) is 0 Å². The first-order valence-corrected chi connectivity index (χ1v) is 2.52. The summed E-state index contributed by atoms with van der Waals surface area (Å²) < 4.78 is 0. The molecule has 0 unspecified atom stereocenters. The van der Waals surface area contributed by atoms with E-state index >= 15 is 0 Å². The Kier molecular flexibility index (Phi) is 77.4. The molecule has 0 amide bonds. The second-order valence-corrected chi connectivity index (χ2v) is 1.08. The van der Waals surface area contributed by atoms with Crippen molar-refractivity contribution in [3.8, 4) is 0 Å². The van der Waals surface area contributed by atoms with Gasteiger partial charge in [-0.15, -0.1) is 0 Å². The Bertz CT molecular complexity index is 18.5. The molecule has 3 heteroatoms. The van der Waals surface area contributed by atoms with Crippen molar-refractivity contribution >= 4 is 0 Å². The minimum absolute atomic E-state index is 0. The van der Waals surface area contributed by atoms with Gasteiger partial charge >= 0.3 is 0 Å². The van der Waals surface area contributed by atoms with Gasteiger partial charge in [0.25, 0.3) is 0 Å². The molecule has 2 radical (unpaired) electrons. The van der Waals surface area contributed by atoms with Gasteiger partial charge in [-0.3, -0.25) is 0 Å². The van der Waals surface area contributed by atoms with Crippen molar-refractivity contribution < 1.29 is 93.2 Å². The fourth-order valence-corrected chi connectivity index (χ4v) is 0. The molecule has 0 saturated carbocycles. The van der Waals surface area contributed by atoms with Crippen molar-refractivity contribution in [2.45, 2.75) is 19.8 Å². The van der Waals surface area contributed by atoms with Gasteiger partial charge in [0, 0.05) is 88.1 Å². The minimum Gasteiger partial charge on any atom is -0.428 e. The van der Waals surface area contributed by atoms with Crippen LogP contribution < -0.4 is 0 Å². The molecule has 0 fully saturated rings. The summed E-state index contributed by atoms with van der Waals surface area (Å²) in [6, 6.07) is 0. The zero-order valence-corrected chi connectivity index (χ0v) is 15.6. The SMILES string of the molecule is [Ac].[Ac].[CH2-]CCC.[CH2-]CO. The number of hydrogen-bond donors (Lipinski definition) is 1. The number of aliphatic hydroxyl groups excluding tert-OH is 1. The van der Waals surface area contributed by atoms with Crippen LogP contribution in [-0.4, -0.2) is 11.7 Å². The first-order valence-electron chi connectivity index (χ1n) is 2.52. The van der Waals surface area contributed by atoms with Crippen LogP contribution in [0.2, 0.25) is 0 Å². The quantitative estimate of drug-likeness (QED) is 0.486. The molecule has 1 nitrogen and oxygen atoms in total. The third kappa shape index (κ3) is 57.4. The average Bonchev–Trinajstić information content (AvgIpc) is 1.69. The summed E-state index contributed by atoms with van der Waals surface area (Å²) in [5, 5.41) is 7.46. The van der Waals surface area contributed by atoms with E-state index < -0.39 is 0 Å². The van der Waals surface area contributed by atoms with Gasteiger partial charge < -0.3 is 19.0 Å². The van der Waals surface area contributed by atoms with Crippen LogP contribution in [0.25, 0.3) is 0 Å². The number of hydrogen-bond acceptors (Lipinski definition) is 1. The molecule has 0 aromatic rings. The van der Waals surface area contributed by atoms with Crippen LogP contribution in [0.15, 0.2) is 0 Å². The molecule has 0 saturated heterocycles. The number of aliphatic hydroxyl groups is 1. The molecule has 0 bridgehead atoms. The van der Waals surface area contributed by atoms with Crippen molar-refractivity contribution in [3.05, 3.63) is 13.8 Å². The molecule has 1 N–H and O–H groups in total. The summed E-state index contributed by atoms with van der Waals surface area (Å²) in [5.74, 6) is 0. The Balaban J connectivity index is -0.0000000233. The van der Waals surface area contributed by atoms with Crippen LogP contribution >= 0.6 is 0 Å². The largest absolute Gasteiger partial charge is 0.428 e. The maximum absolute atomic E-state index is 7.46. The zero-order valence-electron chi connectivity index (χ0n) is 6.14. The Labute approximate surface area is 130 Å². The Hall–Kier alpha value is 2.84. The molecule has 0 atom stereocenters.